The summed E-state index contributed by atoms with van der Waals surface area (Å²) in [5.41, 5.74) is 0. The third kappa shape index (κ3) is 2.17. The van der Waals surface area contributed by atoms with Crippen molar-refractivity contribution < 1.29 is 12.8 Å². The molecule has 0 saturated heterocycles. The zero-order valence-electron chi connectivity index (χ0n) is 9.97. The molecule has 2 saturated carbocycles. The van der Waals surface area contributed by atoms with E-state index in [0.717, 1.165) is 19.3 Å². The number of hydrogen-bond donors (Lipinski definition) is 1. The van der Waals surface area contributed by atoms with Crippen LogP contribution in [0.25, 0.3) is 0 Å². The molecule has 0 spiro atoms. The summed E-state index contributed by atoms with van der Waals surface area (Å²) in [6, 6.07) is 5.04. The van der Waals surface area contributed by atoms with Gasteiger partial charge in [-0.3, -0.25) is 0 Å². The molecule has 1 N–H and O–H groups in total. The summed E-state index contributed by atoms with van der Waals surface area (Å²) in [6.45, 7) is 0. The van der Waals surface area contributed by atoms with Gasteiger partial charge in [-0.15, -0.1) is 0 Å². The monoisotopic (exact) mass is 269 g/mol. The number of benzene rings is 1. The smallest absolute Gasteiger partial charge is 0.208 e. The lowest BCUT2D eigenvalue weighted by molar-refractivity contribution is 0.390. The molecule has 0 amide bonds. The summed E-state index contributed by atoms with van der Waals surface area (Å²) in [4.78, 5) is 0.145. The quantitative estimate of drug-likeness (QED) is 0.915. The lowest BCUT2D eigenvalue weighted by atomic mass is 9.96. The lowest BCUT2D eigenvalue weighted by Crippen LogP contribution is -2.38. The van der Waals surface area contributed by atoms with E-state index >= 15 is 0 Å². The van der Waals surface area contributed by atoms with Gasteiger partial charge >= 0.3 is 0 Å². The average molecular weight is 269 g/mol. The molecule has 5 heteroatoms. The number of fused-ring (bicyclic) bond motifs is 2. The molecule has 0 aliphatic heterocycles. The van der Waals surface area contributed by atoms with Crippen LogP contribution in [-0.4, -0.2) is 14.5 Å². The minimum absolute atomic E-state index is 0.0683. The summed E-state index contributed by atoms with van der Waals surface area (Å²) in [5.74, 6) is 0.759. The van der Waals surface area contributed by atoms with Crippen molar-refractivity contribution in [3.05, 3.63) is 30.1 Å². The van der Waals surface area contributed by atoms with E-state index < -0.39 is 15.8 Å². The Labute approximate surface area is 106 Å². The van der Waals surface area contributed by atoms with Crippen LogP contribution < -0.4 is 4.72 Å². The highest BCUT2D eigenvalue weighted by Gasteiger charge is 2.41. The van der Waals surface area contributed by atoms with E-state index in [9.17, 15) is 12.8 Å². The highest BCUT2D eigenvalue weighted by Crippen LogP contribution is 2.44. The molecule has 0 aromatic heterocycles. The third-order valence-corrected chi connectivity index (χ3v) is 5.67. The summed E-state index contributed by atoms with van der Waals surface area (Å²) in [5, 5.41) is 0. The Morgan fingerprint density at radius 3 is 2.39 bits per heavy atom. The van der Waals surface area contributed by atoms with Crippen molar-refractivity contribution in [2.75, 3.05) is 0 Å². The van der Waals surface area contributed by atoms with Crippen molar-refractivity contribution in [2.24, 2.45) is 11.8 Å². The van der Waals surface area contributed by atoms with Crippen LogP contribution in [0, 0.1) is 17.7 Å². The molecule has 2 bridgehead atoms. The molecule has 2 aliphatic rings. The van der Waals surface area contributed by atoms with E-state index in [2.05, 4.69) is 4.72 Å². The molecule has 18 heavy (non-hydrogen) atoms. The predicted octanol–water partition coefficient (Wildman–Crippen LogP) is 2.29. The van der Waals surface area contributed by atoms with Gasteiger partial charge < -0.3 is 0 Å². The van der Waals surface area contributed by atoms with Crippen LogP contribution in [0.1, 0.15) is 25.7 Å². The van der Waals surface area contributed by atoms with Gasteiger partial charge in [-0.05, 0) is 55.4 Å². The van der Waals surface area contributed by atoms with Crippen LogP contribution in [0.2, 0.25) is 0 Å². The zero-order chi connectivity index (χ0) is 12.8. The Morgan fingerprint density at radius 2 is 1.83 bits per heavy atom. The van der Waals surface area contributed by atoms with E-state index in [4.69, 9.17) is 0 Å². The molecule has 3 rings (SSSR count). The normalized spacial score (nSPS) is 30.8. The Hall–Kier alpha value is -0.940. The van der Waals surface area contributed by atoms with Gasteiger partial charge in [0.15, 0.2) is 0 Å². The fourth-order valence-corrected chi connectivity index (χ4v) is 4.59. The molecule has 1 aromatic rings. The van der Waals surface area contributed by atoms with Gasteiger partial charge in [0, 0.05) is 6.04 Å². The molecule has 0 heterocycles. The SMILES string of the molecule is O=S(=O)(N[C@H]1C[C@H]2CC[C@@H]1C2)c1ccc(F)cc1. The van der Waals surface area contributed by atoms with E-state index in [0.29, 0.717) is 11.8 Å². The summed E-state index contributed by atoms with van der Waals surface area (Å²) >= 11 is 0. The van der Waals surface area contributed by atoms with Crippen molar-refractivity contribution in [2.45, 2.75) is 36.6 Å². The van der Waals surface area contributed by atoms with Crippen LogP contribution in [0.4, 0.5) is 4.39 Å². The maximum atomic E-state index is 12.8. The van der Waals surface area contributed by atoms with Crippen molar-refractivity contribution in [1.82, 2.24) is 4.72 Å². The van der Waals surface area contributed by atoms with E-state index in [1.165, 1.54) is 30.7 Å². The van der Waals surface area contributed by atoms with Crippen LogP contribution in [0.3, 0.4) is 0 Å². The molecule has 2 fully saturated rings. The van der Waals surface area contributed by atoms with Crippen LogP contribution in [-0.2, 0) is 10.0 Å². The first-order chi connectivity index (χ1) is 8.54. The van der Waals surface area contributed by atoms with Crippen molar-refractivity contribution in [1.29, 1.82) is 0 Å². The topological polar surface area (TPSA) is 46.2 Å². The third-order valence-electron chi connectivity index (χ3n) is 4.17. The molecule has 1 aromatic carbocycles. The molecule has 98 valence electrons. The Morgan fingerprint density at radius 1 is 1.11 bits per heavy atom. The highest BCUT2D eigenvalue weighted by molar-refractivity contribution is 7.89. The van der Waals surface area contributed by atoms with Gasteiger partial charge in [0.1, 0.15) is 5.82 Å². The number of sulfonamides is 1. The van der Waals surface area contributed by atoms with Gasteiger partial charge in [0.25, 0.3) is 0 Å². The van der Waals surface area contributed by atoms with Gasteiger partial charge in [0.2, 0.25) is 10.0 Å². The zero-order valence-corrected chi connectivity index (χ0v) is 10.8. The maximum absolute atomic E-state index is 12.8. The van der Waals surface area contributed by atoms with Gasteiger partial charge in [-0.25, -0.2) is 17.5 Å². The second kappa shape index (κ2) is 4.31. The molecule has 2 aliphatic carbocycles. The summed E-state index contributed by atoms with van der Waals surface area (Å²) in [6.07, 6.45) is 4.46. The predicted molar refractivity (Wildman–Crippen MR) is 66.0 cm³/mol. The van der Waals surface area contributed by atoms with Crippen molar-refractivity contribution in [3.8, 4) is 0 Å². The molecule has 0 unspecified atom stereocenters. The van der Waals surface area contributed by atoms with Gasteiger partial charge in [-0.2, -0.15) is 0 Å². The number of rotatable bonds is 3. The summed E-state index contributed by atoms with van der Waals surface area (Å²) < 4.78 is 39.8. The van der Waals surface area contributed by atoms with Crippen LogP contribution >= 0.6 is 0 Å². The Bertz CT molecular complexity index is 541. The maximum Gasteiger partial charge on any atom is 0.240 e. The van der Waals surface area contributed by atoms with Crippen LogP contribution in [0.15, 0.2) is 29.2 Å². The second-order valence-electron chi connectivity index (χ2n) is 5.36. The van der Waals surface area contributed by atoms with Gasteiger partial charge in [0.05, 0.1) is 4.90 Å². The molecule has 3 nitrogen and oxygen atoms in total. The fourth-order valence-electron chi connectivity index (χ4n) is 3.27. The van der Waals surface area contributed by atoms with E-state index in [-0.39, 0.29) is 10.9 Å². The first kappa shape index (κ1) is 12.1. The molecular weight excluding hydrogens is 253 g/mol. The summed E-state index contributed by atoms with van der Waals surface area (Å²) in [7, 11) is -3.50. The molecule has 0 radical (unpaired) electrons. The Balaban J connectivity index is 1.77. The minimum atomic E-state index is -3.50. The molecular formula is C13H16FNO2S. The van der Waals surface area contributed by atoms with E-state index in [1.54, 1.807) is 0 Å². The Kier molecular flexibility index (Phi) is 2.90. The second-order valence-corrected chi connectivity index (χ2v) is 7.07. The van der Waals surface area contributed by atoms with Gasteiger partial charge in [-0.1, -0.05) is 6.42 Å². The highest BCUT2D eigenvalue weighted by atomic mass is 32.2. The van der Waals surface area contributed by atoms with Crippen molar-refractivity contribution >= 4 is 10.0 Å². The largest absolute Gasteiger partial charge is 0.240 e. The number of halogens is 1. The molecule has 3 atom stereocenters. The standard InChI is InChI=1S/C13H16FNO2S/c14-11-3-5-12(6-4-11)18(16,17)15-13-8-9-1-2-10(13)7-9/h3-6,9-10,13,15H,1-2,7-8H2/t9-,10+,13-/m0/s1. The number of nitrogens with one attached hydrogen (secondary N) is 1. The first-order valence-corrected chi connectivity index (χ1v) is 7.81. The van der Waals surface area contributed by atoms with E-state index in [1.807, 2.05) is 0 Å². The minimum Gasteiger partial charge on any atom is -0.208 e. The average Bonchev–Trinajstić information content (AvgIpc) is 2.91. The first-order valence-electron chi connectivity index (χ1n) is 6.32. The fraction of sp³-hybridized carbons (Fsp3) is 0.538. The number of hydrogen-bond acceptors (Lipinski definition) is 2. The lowest BCUT2D eigenvalue weighted by Gasteiger charge is -2.22. The van der Waals surface area contributed by atoms with Crippen molar-refractivity contribution in [3.63, 3.8) is 0 Å². The van der Waals surface area contributed by atoms with Crippen LogP contribution in [0.5, 0.6) is 0 Å².